The van der Waals surface area contributed by atoms with Gasteiger partial charge in [-0.05, 0) is 44.4 Å². The van der Waals surface area contributed by atoms with E-state index in [1.807, 2.05) is 24.3 Å². The molecule has 0 aliphatic carbocycles. The highest BCUT2D eigenvalue weighted by molar-refractivity contribution is 5.80. The molecule has 0 atom stereocenters. The summed E-state index contributed by atoms with van der Waals surface area (Å²) < 4.78 is 37.9. The molecule has 1 aromatic rings. The molecule has 3 nitrogen and oxygen atoms in total. The van der Waals surface area contributed by atoms with Crippen LogP contribution in [0.3, 0.4) is 0 Å². The molecule has 0 amide bonds. The Morgan fingerprint density at radius 1 is 1.13 bits per heavy atom. The zero-order valence-corrected chi connectivity index (χ0v) is 13.7. The minimum atomic E-state index is -4.07. The van der Waals surface area contributed by atoms with E-state index in [9.17, 15) is 13.2 Å². The quantitative estimate of drug-likeness (QED) is 0.757. The highest BCUT2D eigenvalue weighted by Gasteiger charge is 2.40. The predicted molar refractivity (Wildman–Crippen MR) is 87.9 cm³/mol. The largest absolute Gasteiger partial charge is 0.391 e. The Morgan fingerprint density at radius 3 is 2.17 bits per heavy atom. The van der Waals surface area contributed by atoms with E-state index < -0.39 is 12.1 Å². The van der Waals surface area contributed by atoms with Crippen molar-refractivity contribution in [3.63, 3.8) is 0 Å². The summed E-state index contributed by atoms with van der Waals surface area (Å²) in [5.41, 5.74) is 2.12. The van der Waals surface area contributed by atoms with Crippen LogP contribution in [0, 0.1) is 5.92 Å². The van der Waals surface area contributed by atoms with Crippen molar-refractivity contribution < 1.29 is 13.2 Å². The molecule has 0 spiro atoms. The summed E-state index contributed by atoms with van der Waals surface area (Å²) in [6, 6.07) is 8.06. The summed E-state index contributed by atoms with van der Waals surface area (Å²) in [6.45, 7) is 6.86. The van der Waals surface area contributed by atoms with Crippen LogP contribution in [-0.4, -0.2) is 43.6 Å². The number of rotatable bonds is 5. The first-order valence-electron chi connectivity index (χ1n) is 8.14. The van der Waals surface area contributed by atoms with Crippen LogP contribution < -0.4 is 4.90 Å². The summed E-state index contributed by atoms with van der Waals surface area (Å²) in [5.74, 6) is -1.18. The molecule has 23 heavy (non-hydrogen) atoms. The normalized spacial score (nSPS) is 17.0. The molecule has 128 valence electrons. The lowest BCUT2D eigenvalue weighted by molar-refractivity contribution is -0.185. The second kappa shape index (κ2) is 7.70. The summed E-state index contributed by atoms with van der Waals surface area (Å²) in [4.78, 5) is 2.25. The van der Waals surface area contributed by atoms with Gasteiger partial charge in [0.2, 0.25) is 0 Å². The third-order valence-corrected chi connectivity index (χ3v) is 4.33. The molecule has 1 aliphatic heterocycles. The van der Waals surface area contributed by atoms with E-state index in [1.165, 1.54) is 0 Å². The zero-order valence-electron chi connectivity index (χ0n) is 13.7. The third-order valence-electron chi connectivity index (χ3n) is 4.33. The van der Waals surface area contributed by atoms with Crippen molar-refractivity contribution in [3.8, 4) is 0 Å². The van der Waals surface area contributed by atoms with Gasteiger partial charge in [0.15, 0.2) is 0 Å². The first kappa shape index (κ1) is 17.6. The molecule has 1 aliphatic rings. The fourth-order valence-corrected chi connectivity index (χ4v) is 2.82. The monoisotopic (exact) mass is 327 g/mol. The first-order valence-corrected chi connectivity index (χ1v) is 8.14. The summed E-state index contributed by atoms with van der Waals surface area (Å²) in [7, 11) is 0. The number of anilines is 1. The fraction of sp³-hybridized carbons (Fsp3) is 0.588. The molecular weight excluding hydrogens is 303 g/mol. The SMILES string of the molecule is CCN(CC)c1ccc(/C=N/N2CCC(C(F)(F)F)CC2)cc1. The molecule has 0 bridgehead atoms. The number of piperidine rings is 1. The maximum absolute atomic E-state index is 12.6. The summed E-state index contributed by atoms with van der Waals surface area (Å²) in [5, 5.41) is 6.03. The van der Waals surface area contributed by atoms with E-state index in [0.29, 0.717) is 13.1 Å². The number of benzene rings is 1. The van der Waals surface area contributed by atoms with Crippen LogP contribution >= 0.6 is 0 Å². The van der Waals surface area contributed by atoms with E-state index >= 15 is 0 Å². The Bertz CT molecular complexity index is 499. The highest BCUT2D eigenvalue weighted by Crippen LogP contribution is 2.34. The van der Waals surface area contributed by atoms with Gasteiger partial charge in [0.1, 0.15) is 0 Å². The second-order valence-electron chi connectivity index (χ2n) is 5.78. The van der Waals surface area contributed by atoms with Crippen molar-refractivity contribution in [2.75, 3.05) is 31.1 Å². The zero-order chi connectivity index (χ0) is 16.9. The molecule has 0 radical (unpaired) electrons. The first-order chi connectivity index (χ1) is 10.9. The molecule has 1 fully saturated rings. The summed E-state index contributed by atoms with van der Waals surface area (Å²) in [6.07, 6.45) is -2.10. The molecule has 0 N–H and O–H groups in total. The van der Waals surface area contributed by atoms with Gasteiger partial charge in [0, 0.05) is 31.9 Å². The molecule has 2 rings (SSSR count). The maximum atomic E-state index is 12.6. The van der Waals surface area contributed by atoms with Crippen LogP contribution in [0.25, 0.3) is 0 Å². The van der Waals surface area contributed by atoms with E-state index in [0.717, 1.165) is 24.3 Å². The lowest BCUT2D eigenvalue weighted by Gasteiger charge is -2.30. The Labute approximate surface area is 135 Å². The molecule has 1 saturated heterocycles. The van der Waals surface area contributed by atoms with Gasteiger partial charge >= 0.3 is 6.18 Å². The molecule has 0 aromatic heterocycles. The van der Waals surface area contributed by atoms with Crippen LogP contribution in [0.4, 0.5) is 18.9 Å². The van der Waals surface area contributed by atoms with Crippen LogP contribution in [0.1, 0.15) is 32.3 Å². The van der Waals surface area contributed by atoms with Crippen molar-refractivity contribution in [1.29, 1.82) is 0 Å². The van der Waals surface area contributed by atoms with Crippen LogP contribution in [0.5, 0.6) is 0 Å². The van der Waals surface area contributed by atoms with Crippen molar-refractivity contribution in [3.05, 3.63) is 29.8 Å². The van der Waals surface area contributed by atoms with E-state index in [1.54, 1.807) is 11.2 Å². The van der Waals surface area contributed by atoms with Gasteiger partial charge in [-0.1, -0.05) is 12.1 Å². The average Bonchev–Trinajstić information content (AvgIpc) is 2.55. The Kier molecular flexibility index (Phi) is 5.91. The van der Waals surface area contributed by atoms with E-state index in [-0.39, 0.29) is 12.8 Å². The van der Waals surface area contributed by atoms with Crippen molar-refractivity contribution in [2.45, 2.75) is 32.9 Å². The lowest BCUT2D eigenvalue weighted by Crippen LogP contribution is -2.36. The maximum Gasteiger partial charge on any atom is 0.391 e. The standard InChI is InChI=1S/C17H24F3N3/c1-3-22(4-2)16-7-5-14(6-8-16)13-21-23-11-9-15(10-12-23)17(18,19)20/h5-8,13,15H,3-4,9-12H2,1-2H3/b21-13+. The van der Waals surface area contributed by atoms with Gasteiger partial charge in [-0.15, -0.1) is 0 Å². The van der Waals surface area contributed by atoms with Crippen LogP contribution in [-0.2, 0) is 0 Å². The molecular formula is C17H24F3N3. The minimum absolute atomic E-state index is 0.127. The fourth-order valence-electron chi connectivity index (χ4n) is 2.82. The average molecular weight is 327 g/mol. The number of nitrogens with zero attached hydrogens (tertiary/aromatic N) is 3. The van der Waals surface area contributed by atoms with Crippen molar-refractivity contribution in [2.24, 2.45) is 11.0 Å². The predicted octanol–water partition coefficient (Wildman–Crippen LogP) is 4.14. The molecule has 1 heterocycles. The van der Waals surface area contributed by atoms with Crippen molar-refractivity contribution in [1.82, 2.24) is 5.01 Å². The smallest absolute Gasteiger partial charge is 0.372 e. The van der Waals surface area contributed by atoms with E-state index in [4.69, 9.17) is 0 Å². The minimum Gasteiger partial charge on any atom is -0.372 e. The number of hydrogen-bond acceptors (Lipinski definition) is 3. The van der Waals surface area contributed by atoms with Gasteiger partial charge < -0.3 is 4.90 Å². The second-order valence-corrected chi connectivity index (χ2v) is 5.78. The topological polar surface area (TPSA) is 18.8 Å². The summed E-state index contributed by atoms with van der Waals surface area (Å²) >= 11 is 0. The van der Waals surface area contributed by atoms with E-state index in [2.05, 4.69) is 23.8 Å². The van der Waals surface area contributed by atoms with Crippen LogP contribution in [0.2, 0.25) is 0 Å². The number of alkyl halides is 3. The third kappa shape index (κ3) is 4.88. The molecule has 6 heteroatoms. The van der Waals surface area contributed by atoms with Gasteiger partial charge in [-0.2, -0.15) is 18.3 Å². The van der Waals surface area contributed by atoms with Gasteiger partial charge in [0.25, 0.3) is 0 Å². The number of hydrazone groups is 1. The molecule has 0 unspecified atom stereocenters. The Hall–Kier alpha value is -1.72. The molecule has 1 aromatic carbocycles. The van der Waals surface area contributed by atoms with Gasteiger partial charge in [-0.25, -0.2) is 0 Å². The Balaban J connectivity index is 1.89. The Morgan fingerprint density at radius 2 is 1.70 bits per heavy atom. The van der Waals surface area contributed by atoms with Crippen molar-refractivity contribution >= 4 is 11.9 Å². The lowest BCUT2D eigenvalue weighted by atomic mass is 9.97. The van der Waals surface area contributed by atoms with Crippen LogP contribution in [0.15, 0.2) is 29.4 Å². The highest BCUT2D eigenvalue weighted by atomic mass is 19.4. The molecule has 0 saturated carbocycles. The van der Waals surface area contributed by atoms with Gasteiger partial charge in [0.05, 0.1) is 12.1 Å². The van der Waals surface area contributed by atoms with Gasteiger partial charge in [-0.3, -0.25) is 5.01 Å². The number of hydrogen-bond donors (Lipinski definition) is 0. The number of halogens is 3.